The highest BCUT2D eigenvalue weighted by atomic mass is 19.1. The highest BCUT2D eigenvalue weighted by Crippen LogP contribution is 2.26. The van der Waals surface area contributed by atoms with Crippen molar-refractivity contribution >= 4 is 11.6 Å². The van der Waals surface area contributed by atoms with Gasteiger partial charge in [0.15, 0.2) is 5.69 Å². The molecule has 0 spiro atoms. The molecule has 162 valence electrons. The van der Waals surface area contributed by atoms with E-state index in [1.165, 1.54) is 10.7 Å². The van der Waals surface area contributed by atoms with Crippen molar-refractivity contribution in [1.29, 1.82) is 0 Å². The summed E-state index contributed by atoms with van der Waals surface area (Å²) in [7, 11) is 1.68. The number of ether oxygens (including phenoxy) is 1. The fourth-order valence-electron chi connectivity index (χ4n) is 3.23. The first kappa shape index (κ1) is 21.2. The third-order valence-corrected chi connectivity index (χ3v) is 4.90. The normalized spacial score (nSPS) is 10.8. The maximum atomic E-state index is 13.8. The second-order valence-electron chi connectivity index (χ2n) is 7.20. The minimum absolute atomic E-state index is 0.0222. The first-order valence-corrected chi connectivity index (χ1v) is 9.85. The second-order valence-corrected chi connectivity index (χ2v) is 7.20. The van der Waals surface area contributed by atoms with Gasteiger partial charge in [-0.1, -0.05) is 36.4 Å². The lowest BCUT2D eigenvalue weighted by atomic mass is 10.1. The monoisotopic (exact) mass is 434 g/mol. The van der Waals surface area contributed by atoms with E-state index < -0.39 is 23.2 Å². The molecule has 0 aliphatic rings. The summed E-state index contributed by atoms with van der Waals surface area (Å²) in [6.07, 6.45) is 1.64. The molecule has 0 saturated carbocycles. The van der Waals surface area contributed by atoms with Crippen molar-refractivity contribution < 1.29 is 18.3 Å². The first-order chi connectivity index (χ1) is 15.4. The number of amides is 1. The smallest absolute Gasteiger partial charge is 0.276 e. The van der Waals surface area contributed by atoms with E-state index in [2.05, 4.69) is 15.4 Å². The number of benzene rings is 2. The molecular formula is C24H20F2N4O2. The third-order valence-electron chi connectivity index (χ3n) is 4.90. The molecule has 2 heterocycles. The first-order valence-electron chi connectivity index (χ1n) is 9.85. The number of para-hydroxylation sites is 1. The number of aromatic nitrogens is 3. The molecule has 0 saturated heterocycles. The van der Waals surface area contributed by atoms with Crippen LogP contribution in [0.5, 0.6) is 5.88 Å². The number of hydrogen-bond acceptors (Lipinski definition) is 4. The molecule has 1 N–H and O–H groups in total. The Hall–Kier alpha value is -4.07. The summed E-state index contributed by atoms with van der Waals surface area (Å²) >= 11 is 0. The van der Waals surface area contributed by atoms with Crippen LogP contribution in [-0.4, -0.2) is 20.7 Å². The van der Waals surface area contributed by atoms with Gasteiger partial charge in [0.05, 0.1) is 5.69 Å². The van der Waals surface area contributed by atoms with Crippen molar-refractivity contribution in [2.75, 3.05) is 5.32 Å². The van der Waals surface area contributed by atoms with Crippen LogP contribution in [-0.2, 0) is 13.7 Å². The zero-order valence-electron chi connectivity index (χ0n) is 17.5. The van der Waals surface area contributed by atoms with Gasteiger partial charge in [-0.3, -0.25) is 9.48 Å². The zero-order valence-corrected chi connectivity index (χ0v) is 17.5. The summed E-state index contributed by atoms with van der Waals surface area (Å²) in [6.45, 7) is 2.29. The zero-order chi connectivity index (χ0) is 22.7. The molecule has 0 fully saturated rings. The molecule has 4 aromatic rings. The number of nitrogens with one attached hydrogen (secondary N) is 1. The van der Waals surface area contributed by atoms with Gasteiger partial charge in [0.25, 0.3) is 5.91 Å². The van der Waals surface area contributed by atoms with Crippen LogP contribution < -0.4 is 10.1 Å². The number of anilines is 1. The minimum Gasteiger partial charge on any atom is -0.473 e. The van der Waals surface area contributed by atoms with Crippen molar-refractivity contribution in [3.8, 4) is 17.1 Å². The van der Waals surface area contributed by atoms with E-state index in [0.717, 1.165) is 28.8 Å². The lowest BCUT2D eigenvalue weighted by Crippen LogP contribution is -2.15. The van der Waals surface area contributed by atoms with Gasteiger partial charge in [0.1, 0.15) is 23.9 Å². The van der Waals surface area contributed by atoms with Gasteiger partial charge >= 0.3 is 0 Å². The summed E-state index contributed by atoms with van der Waals surface area (Å²) in [5.74, 6) is -1.96. The third kappa shape index (κ3) is 4.49. The molecule has 0 bridgehead atoms. The van der Waals surface area contributed by atoms with E-state index in [4.69, 9.17) is 4.74 Å². The number of nitrogens with zero attached hydrogens (tertiary/aromatic N) is 3. The van der Waals surface area contributed by atoms with Gasteiger partial charge < -0.3 is 10.1 Å². The maximum Gasteiger partial charge on any atom is 0.276 e. The second kappa shape index (κ2) is 8.97. The Balaban J connectivity index is 1.52. The average Bonchev–Trinajstić information content (AvgIpc) is 3.17. The Morgan fingerprint density at radius 2 is 1.78 bits per heavy atom. The van der Waals surface area contributed by atoms with Crippen LogP contribution in [0.15, 0.2) is 66.9 Å². The van der Waals surface area contributed by atoms with Crippen LogP contribution in [0.4, 0.5) is 14.5 Å². The van der Waals surface area contributed by atoms with Crippen LogP contribution in [0.3, 0.4) is 0 Å². The van der Waals surface area contributed by atoms with Crippen molar-refractivity contribution in [2.24, 2.45) is 7.05 Å². The number of carbonyl (C=O) groups is 1. The van der Waals surface area contributed by atoms with E-state index in [9.17, 15) is 13.6 Å². The molecule has 2 aromatic heterocycles. The number of carbonyl (C=O) groups excluding carboxylic acids is 1. The SMILES string of the molecule is Cc1cc(OCc2ccccc2)ncc1-c1cc(C(=O)Nc2c(F)cccc2F)nn1C. The van der Waals surface area contributed by atoms with Gasteiger partial charge in [0, 0.05) is 24.9 Å². The molecular weight excluding hydrogens is 414 g/mol. The molecule has 0 radical (unpaired) electrons. The van der Waals surface area contributed by atoms with Crippen molar-refractivity contribution in [1.82, 2.24) is 14.8 Å². The van der Waals surface area contributed by atoms with Crippen molar-refractivity contribution in [2.45, 2.75) is 13.5 Å². The predicted octanol–water partition coefficient (Wildman–Crippen LogP) is 4.90. The molecule has 0 unspecified atom stereocenters. The van der Waals surface area contributed by atoms with E-state index in [0.29, 0.717) is 18.2 Å². The summed E-state index contributed by atoms with van der Waals surface area (Å²) in [5.41, 5.74) is 2.80. The molecule has 8 heteroatoms. The average molecular weight is 434 g/mol. The number of rotatable bonds is 6. The van der Waals surface area contributed by atoms with Gasteiger partial charge in [-0.25, -0.2) is 13.8 Å². The van der Waals surface area contributed by atoms with Crippen LogP contribution in [0.25, 0.3) is 11.3 Å². The molecule has 2 aromatic carbocycles. The lowest BCUT2D eigenvalue weighted by molar-refractivity contribution is 0.102. The largest absolute Gasteiger partial charge is 0.473 e. The maximum absolute atomic E-state index is 13.8. The fraction of sp³-hybridized carbons (Fsp3) is 0.125. The number of pyridine rings is 1. The van der Waals surface area contributed by atoms with Crippen molar-refractivity contribution in [3.05, 3.63) is 95.3 Å². The van der Waals surface area contributed by atoms with Gasteiger partial charge in [-0.15, -0.1) is 0 Å². The van der Waals surface area contributed by atoms with Crippen LogP contribution >= 0.6 is 0 Å². The molecule has 0 atom stereocenters. The molecule has 0 aliphatic heterocycles. The number of aryl methyl sites for hydroxylation is 2. The van der Waals surface area contributed by atoms with Gasteiger partial charge in [-0.05, 0) is 36.2 Å². The van der Waals surface area contributed by atoms with E-state index in [1.807, 2.05) is 37.3 Å². The van der Waals surface area contributed by atoms with Gasteiger partial charge in [0.2, 0.25) is 5.88 Å². The Morgan fingerprint density at radius 1 is 1.06 bits per heavy atom. The fourth-order valence-corrected chi connectivity index (χ4v) is 3.23. The predicted molar refractivity (Wildman–Crippen MR) is 116 cm³/mol. The topological polar surface area (TPSA) is 69.0 Å². The lowest BCUT2D eigenvalue weighted by Gasteiger charge is -2.09. The summed E-state index contributed by atoms with van der Waals surface area (Å²) in [5, 5.41) is 6.43. The van der Waals surface area contributed by atoms with E-state index >= 15 is 0 Å². The van der Waals surface area contributed by atoms with E-state index in [-0.39, 0.29) is 5.69 Å². The van der Waals surface area contributed by atoms with Gasteiger partial charge in [-0.2, -0.15) is 5.10 Å². The summed E-state index contributed by atoms with van der Waals surface area (Å²) < 4.78 is 34.9. The van der Waals surface area contributed by atoms with E-state index in [1.54, 1.807) is 25.4 Å². The Labute approximate surface area is 183 Å². The van der Waals surface area contributed by atoms with Crippen molar-refractivity contribution in [3.63, 3.8) is 0 Å². The molecule has 6 nitrogen and oxygen atoms in total. The highest BCUT2D eigenvalue weighted by molar-refractivity contribution is 6.03. The number of halogens is 2. The quantitative estimate of drug-likeness (QED) is 0.469. The standard InChI is InChI=1S/C24H20F2N4O2/c1-15-11-22(32-14-16-7-4-3-5-8-16)27-13-17(15)21-12-20(29-30(21)2)24(31)28-23-18(25)9-6-10-19(23)26/h3-13H,14H2,1-2H3,(H,28,31). The molecule has 32 heavy (non-hydrogen) atoms. The number of hydrogen-bond donors (Lipinski definition) is 1. The minimum atomic E-state index is -0.861. The molecule has 4 rings (SSSR count). The molecule has 1 amide bonds. The van der Waals surface area contributed by atoms with Crippen LogP contribution in [0, 0.1) is 18.6 Å². The summed E-state index contributed by atoms with van der Waals surface area (Å²) in [4.78, 5) is 16.9. The Kier molecular flexibility index (Phi) is 5.93. The highest BCUT2D eigenvalue weighted by Gasteiger charge is 2.19. The Bertz CT molecular complexity index is 1250. The van der Waals surface area contributed by atoms with Crippen LogP contribution in [0.1, 0.15) is 21.6 Å². The summed E-state index contributed by atoms with van der Waals surface area (Å²) in [6, 6.07) is 16.5. The van der Waals surface area contributed by atoms with Crippen LogP contribution in [0.2, 0.25) is 0 Å². The molecule has 0 aliphatic carbocycles. The Morgan fingerprint density at radius 3 is 2.47 bits per heavy atom.